The third-order valence-electron chi connectivity index (χ3n) is 9.49. The maximum absolute atomic E-state index is 12.7. The number of carbonyl (C=O) groups is 3. The number of hydrogen-bond donors (Lipinski definition) is 0. The Morgan fingerprint density at radius 3 is 1.09 bits per heavy atom. The molecule has 0 amide bonds. The van der Waals surface area contributed by atoms with E-state index in [4.69, 9.17) is 14.2 Å². The van der Waals surface area contributed by atoms with Gasteiger partial charge in [0.1, 0.15) is 13.2 Å². The fraction of sp³-hybridized carbons (Fsp3) is 0.700. The lowest BCUT2D eigenvalue weighted by Crippen LogP contribution is -2.30. The van der Waals surface area contributed by atoms with Gasteiger partial charge in [-0.15, -0.1) is 0 Å². The number of hydrogen-bond acceptors (Lipinski definition) is 6. The first-order valence-electron chi connectivity index (χ1n) is 22.9. The van der Waals surface area contributed by atoms with Gasteiger partial charge in [0.15, 0.2) is 6.10 Å². The Balaban J connectivity index is 4.42. The summed E-state index contributed by atoms with van der Waals surface area (Å²) in [5, 5.41) is 0. The van der Waals surface area contributed by atoms with E-state index in [9.17, 15) is 14.4 Å². The predicted molar refractivity (Wildman–Crippen MR) is 238 cm³/mol. The fourth-order valence-corrected chi connectivity index (χ4v) is 6.05. The van der Waals surface area contributed by atoms with E-state index in [1.165, 1.54) is 83.5 Å². The lowest BCUT2D eigenvalue weighted by atomic mass is 10.0. The Morgan fingerprint density at radius 1 is 0.375 bits per heavy atom. The third-order valence-corrected chi connectivity index (χ3v) is 9.49. The summed E-state index contributed by atoms with van der Waals surface area (Å²) in [4.78, 5) is 37.6. The molecular weight excluding hydrogens is 697 g/mol. The topological polar surface area (TPSA) is 78.9 Å². The summed E-state index contributed by atoms with van der Waals surface area (Å²) >= 11 is 0. The molecule has 0 aromatic heterocycles. The average molecular weight is 781 g/mol. The van der Waals surface area contributed by atoms with Crippen LogP contribution in [0.5, 0.6) is 0 Å². The van der Waals surface area contributed by atoms with E-state index in [0.717, 1.165) is 77.0 Å². The SMILES string of the molecule is CC/C=C\C/C=C\C/C=C\C/C=C\C/C=C\C/C=C\CCC(=O)OCC(COC(=O)CCCCCCCCC)OC(=O)CCCCCCCCCCCCCC. The number of allylic oxidation sites excluding steroid dienone is 12. The quantitative estimate of drug-likeness (QED) is 0.0267. The molecule has 320 valence electrons. The highest BCUT2D eigenvalue weighted by atomic mass is 16.6. The second kappa shape index (κ2) is 44.6. The number of ether oxygens (including phenoxy) is 3. The van der Waals surface area contributed by atoms with Crippen LogP contribution in [0.3, 0.4) is 0 Å². The highest BCUT2D eigenvalue weighted by Crippen LogP contribution is 2.14. The molecule has 0 radical (unpaired) electrons. The molecule has 0 aliphatic heterocycles. The van der Waals surface area contributed by atoms with Crippen LogP contribution in [0.15, 0.2) is 72.9 Å². The minimum atomic E-state index is -0.798. The molecule has 0 N–H and O–H groups in total. The Bertz CT molecular complexity index is 1080. The van der Waals surface area contributed by atoms with Crippen LogP contribution in [-0.4, -0.2) is 37.2 Å². The Labute approximate surface area is 344 Å². The van der Waals surface area contributed by atoms with Crippen LogP contribution < -0.4 is 0 Å². The van der Waals surface area contributed by atoms with Crippen molar-refractivity contribution in [1.29, 1.82) is 0 Å². The van der Waals surface area contributed by atoms with Gasteiger partial charge in [-0.2, -0.15) is 0 Å². The van der Waals surface area contributed by atoms with Crippen LogP contribution in [0, 0.1) is 0 Å². The normalized spacial score (nSPS) is 12.7. The summed E-state index contributed by atoms with van der Waals surface area (Å²) in [6, 6.07) is 0. The zero-order chi connectivity index (χ0) is 40.8. The molecule has 0 aromatic carbocycles. The van der Waals surface area contributed by atoms with Crippen molar-refractivity contribution in [2.24, 2.45) is 0 Å². The summed E-state index contributed by atoms with van der Waals surface area (Å²) in [5.74, 6) is -0.996. The molecule has 0 saturated carbocycles. The minimum Gasteiger partial charge on any atom is -0.462 e. The van der Waals surface area contributed by atoms with Crippen LogP contribution >= 0.6 is 0 Å². The van der Waals surface area contributed by atoms with Gasteiger partial charge in [0.25, 0.3) is 0 Å². The first-order chi connectivity index (χ1) is 27.5. The molecular formula is C50H84O6. The number of rotatable bonds is 40. The summed E-state index contributed by atoms with van der Waals surface area (Å²) in [6.45, 7) is 6.39. The highest BCUT2D eigenvalue weighted by molar-refractivity contribution is 5.71. The molecule has 56 heavy (non-hydrogen) atoms. The van der Waals surface area contributed by atoms with E-state index >= 15 is 0 Å². The van der Waals surface area contributed by atoms with Crippen molar-refractivity contribution in [1.82, 2.24) is 0 Å². The molecule has 0 bridgehead atoms. The molecule has 1 atom stereocenters. The Hall–Kier alpha value is -3.15. The van der Waals surface area contributed by atoms with Gasteiger partial charge in [-0.05, 0) is 57.8 Å². The van der Waals surface area contributed by atoms with Gasteiger partial charge >= 0.3 is 17.9 Å². The van der Waals surface area contributed by atoms with E-state index in [2.05, 4.69) is 81.5 Å². The number of unbranched alkanes of at least 4 members (excludes halogenated alkanes) is 17. The van der Waals surface area contributed by atoms with E-state index in [1.54, 1.807) is 0 Å². The molecule has 0 heterocycles. The molecule has 0 saturated heterocycles. The van der Waals surface area contributed by atoms with Crippen LogP contribution in [0.25, 0.3) is 0 Å². The maximum Gasteiger partial charge on any atom is 0.306 e. The zero-order valence-corrected chi connectivity index (χ0v) is 36.4. The molecule has 0 rings (SSSR count). The van der Waals surface area contributed by atoms with Crippen molar-refractivity contribution >= 4 is 17.9 Å². The van der Waals surface area contributed by atoms with Crippen LogP contribution in [-0.2, 0) is 28.6 Å². The van der Waals surface area contributed by atoms with Gasteiger partial charge in [0.2, 0.25) is 0 Å². The second-order valence-electron chi connectivity index (χ2n) is 14.9. The molecule has 6 nitrogen and oxygen atoms in total. The molecule has 1 unspecified atom stereocenters. The Morgan fingerprint density at radius 2 is 0.696 bits per heavy atom. The maximum atomic E-state index is 12.7. The minimum absolute atomic E-state index is 0.0973. The number of carbonyl (C=O) groups excluding carboxylic acids is 3. The molecule has 0 aromatic rings. The summed E-state index contributed by atoms with van der Waals surface area (Å²) in [7, 11) is 0. The first-order valence-corrected chi connectivity index (χ1v) is 22.9. The largest absolute Gasteiger partial charge is 0.462 e. The van der Waals surface area contributed by atoms with Gasteiger partial charge in [0.05, 0.1) is 0 Å². The van der Waals surface area contributed by atoms with E-state index < -0.39 is 6.10 Å². The summed E-state index contributed by atoms with van der Waals surface area (Å²) in [5.41, 5.74) is 0. The van der Waals surface area contributed by atoms with Crippen molar-refractivity contribution in [2.45, 2.75) is 213 Å². The third kappa shape index (κ3) is 42.0. The predicted octanol–water partition coefficient (Wildman–Crippen LogP) is 14.7. The van der Waals surface area contributed by atoms with Crippen molar-refractivity contribution in [2.75, 3.05) is 13.2 Å². The van der Waals surface area contributed by atoms with Crippen LogP contribution in [0.4, 0.5) is 0 Å². The zero-order valence-electron chi connectivity index (χ0n) is 36.4. The second-order valence-corrected chi connectivity index (χ2v) is 14.9. The molecule has 0 fully saturated rings. The Kier molecular flexibility index (Phi) is 42.1. The molecule has 0 aliphatic rings. The van der Waals surface area contributed by atoms with Crippen molar-refractivity contribution < 1.29 is 28.6 Å². The van der Waals surface area contributed by atoms with Crippen LogP contribution in [0.2, 0.25) is 0 Å². The highest BCUT2D eigenvalue weighted by Gasteiger charge is 2.19. The van der Waals surface area contributed by atoms with Gasteiger partial charge < -0.3 is 14.2 Å². The van der Waals surface area contributed by atoms with Gasteiger partial charge in [-0.1, -0.05) is 203 Å². The van der Waals surface area contributed by atoms with Crippen molar-refractivity contribution in [3.05, 3.63) is 72.9 Å². The summed E-state index contributed by atoms with van der Waals surface area (Å²) in [6.07, 6.45) is 54.8. The van der Waals surface area contributed by atoms with E-state index in [-0.39, 0.29) is 37.5 Å². The first kappa shape index (κ1) is 52.9. The molecule has 6 heteroatoms. The smallest absolute Gasteiger partial charge is 0.306 e. The van der Waals surface area contributed by atoms with Crippen molar-refractivity contribution in [3.63, 3.8) is 0 Å². The lowest BCUT2D eigenvalue weighted by Gasteiger charge is -2.18. The standard InChI is InChI=1S/C50H84O6/c1-4-7-10-13-16-18-20-22-23-24-25-26-27-28-30-31-34-37-40-43-49(52)55-46-47(45-54-48(51)42-39-36-33-15-12-9-6-3)56-50(53)44-41-38-35-32-29-21-19-17-14-11-8-5-2/h7,10,16,18,22-23,25-26,28,30,34,37,47H,4-6,8-9,11-15,17,19-21,24,27,29,31-33,35-36,38-46H2,1-3H3/b10-7-,18-16-,23-22-,26-25-,30-28-,37-34-. The average Bonchev–Trinajstić information content (AvgIpc) is 3.19. The van der Waals surface area contributed by atoms with E-state index in [1.807, 2.05) is 12.2 Å². The molecule has 0 aliphatic carbocycles. The van der Waals surface area contributed by atoms with Crippen molar-refractivity contribution in [3.8, 4) is 0 Å². The summed E-state index contributed by atoms with van der Waals surface area (Å²) < 4.78 is 16.6. The molecule has 0 spiro atoms. The van der Waals surface area contributed by atoms with Crippen LogP contribution in [0.1, 0.15) is 207 Å². The van der Waals surface area contributed by atoms with Gasteiger partial charge in [-0.3, -0.25) is 14.4 Å². The fourth-order valence-electron chi connectivity index (χ4n) is 6.05. The monoisotopic (exact) mass is 781 g/mol. The lowest BCUT2D eigenvalue weighted by molar-refractivity contribution is -0.166. The van der Waals surface area contributed by atoms with Gasteiger partial charge in [0, 0.05) is 19.3 Å². The van der Waals surface area contributed by atoms with Gasteiger partial charge in [-0.25, -0.2) is 0 Å². The van der Waals surface area contributed by atoms with E-state index in [0.29, 0.717) is 19.3 Å². The number of esters is 3.